The van der Waals surface area contributed by atoms with Gasteiger partial charge in [-0.3, -0.25) is 0 Å². The van der Waals surface area contributed by atoms with Crippen LogP contribution in [0.3, 0.4) is 0 Å². The summed E-state index contributed by atoms with van der Waals surface area (Å²) < 4.78 is 78.0. The van der Waals surface area contributed by atoms with Crippen LogP contribution in [0.15, 0.2) is 29.3 Å². The number of benzene rings is 1. The molecule has 2 atom stereocenters. The van der Waals surface area contributed by atoms with Gasteiger partial charge in [-0.15, -0.1) is 5.10 Å². The van der Waals surface area contributed by atoms with E-state index in [0.29, 0.717) is 12.1 Å². The Morgan fingerprint density at radius 1 is 1.25 bits per heavy atom. The van der Waals surface area contributed by atoms with E-state index >= 15 is 0 Å². The molecule has 1 aliphatic rings. The summed E-state index contributed by atoms with van der Waals surface area (Å²) in [6.07, 6.45) is -2.73. The highest BCUT2D eigenvalue weighted by Gasteiger charge is 2.42. The number of aromatic nitrogens is 3. The highest BCUT2D eigenvalue weighted by atomic mass is 32.2. The van der Waals surface area contributed by atoms with Crippen molar-refractivity contribution in [2.24, 2.45) is 0 Å². The van der Waals surface area contributed by atoms with E-state index in [0.717, 1.165) is 16.8 Å². The molecule has 3 rings (SSSR count). The lowest BCUT2D eigenvalue weighted by atomic mass is 10.2. The van der Waals surface area contributed by atoms with Gasteiger partial charge >= 0.3 is 6.18 Å². The van der Waals surface area contributed by atoms with Gasteiger partial charge in [-0.25, -0.2) is 13.1 Å². The van der Waals surface area contributed by atoms with Crippen LogP contribution in [0.2, 0.25) is 0 Å². The van der Waals surface area contributed by atoms with Gasteiger partial charge in [0.05, 0.1) is 40.3 Å². The lowest BCUT2D eigenvalue weighted by Gasteiger charge is -2.18. The van der Waals surface area contributed by atoms with E-state index in [2.05, 4.69) is 10.3 Å². The number of nitrogens with zero attached hydrogens (tertiary/aromatic N) is 3. The Hall–Kier alpha value is -1.98. The first kappa shape index (κ1) is 20.7. The molecule has 0 bridgehead atoms. The van der Waals surface area contributed by atoms with Crippen molar-refractivity contribution >= 4 is 9.84 Å². The lowest BCUT2D eigenvalue weighted by molar-refractivity contribution is -0.139. The second kappa shape index (κ2) is 7.80. The topological polar surface area (TPSA) is 83.3 Å². The highest BCUT2D eigenvalue weighted by Crippen LogP contribution is 2.39. The van der Waals surface area contributed by atoms with E-state index in [-0.39, 0.29) is 31.2 Å². The van der Waals surface area contributed by atoms with Crippen LogP contribution in [0.5, 0.6) is 0 Å². The van der Waals surface area contributed by atoms with Crippen LogP contribution in [0.4, 0.5) is 13.2 Å². The van der Waals surface area contributed by atoms with Crippen molar-refractivity contribution in [1.82, 2.24) is 15.0 Å². The van der Waals surface area contributed by atoms with Crippen molar-refractivity contribution in [3.8, 4) is 5.69 Å². The smallest absolute Gasteiger partial charge is 0.381 e. The zero-order valence-corrected chi connectivity index (χ0v) is 16.1. The third kappa shape index (κ3) is 4.06. The molecule has 1 aromatic carbocycles. The van der Waals surface area contributed by atoms with E-state index in [1.54, 1.807) is 0 Å². The zero-order valence-electron chi connectivity index (χ0n) is 15.3. The van der Waals surface area contributed by atoms with E-state index in [9.17, 15) is 21.6 Å². The van der Waals surface area contributed by atoms with E-state index in [1.165, 1.54) is 26.5 Å². The Bertz CT molecular complexity index is 943. The minimum absolute atomic E-state index is 0.0577. The summed E-state index contributed by atoms with van der Waals surface area (Å²) in [7, 11) is -1.24. The number of hydrogen-bond acceptors (Lipinski definition) is 6. The molecule has 28 heavy (non-hydrogen) atoms. The second-order valence-electron chi connectivity index (χ2n) is 6.60. The van der Waals surface area contributed by atoms with Gasteiger partial charge in [0, 0.05) is 14.2 Å². The number of halogens is 3. The maximum atomic E-state index is 13.7. The average molecular weight is 419 g/mol. The van der Waals surface area contributed by atoms with Crippen molar-refractivity contribution in [2.45, 2.75) is 48.3 Å². The predicted molar refractivity (Wildman–Crippen MR) is 92.7 cm³/mol. The van der Waals surface area contributed by atoms with Gasteiger partial charge in [0.2, 0.25) is 0 Å². The lowest BCUT2D eigenvalue weighted by Crippen LogP contribution is -2.23. The van der Waals surface area contributed by atoms with Crippen LogP contribution in [-0.2, 0) is 32.1 Å². The normalized spacial score (nSPS) is 20.6. The molecule has 1 aliphatic carbocycles. The first-order valence-electron chi connectivity index (χ1n) is 8.55. The monoisotopic (exact) mass is 419 g/mol. The molecule has 0 radical (unpaired) electrons. The summed E-state index contributed by atoms with van der Waals surface area (Å²) in [5.41, 5.74) is -0.721. The molecule has 0 saturated heterocycles. The third-order valence-corrected chi connectivity index (χ3v) is 7.06. The number of ether oxygens (including phenoxy) is 2. The van der Waals surface area contributed by atoms with E-state index in [1.807, 2.05) is 0 Å². The fourth-order valence-electron chi connectivity index (χ4n) is 3.34. The summed E-state index contributed by atoms with van der Waals surface area (Å²) in [5.74, 6) is 0. The second-order valence-corrected chi connectivity index (χ2v) is 8.80. The molecule has 7 nitrogen and oxygen atoms in total. The predicted octanol–water partition coefficient (Wildman–Crippen LogP) is 2.77. The molecule has 1 heterocycles. The van der Waals surface area contributed by atoms with E-state index < -0.39 is 31.7 Å². The summed E-state index contributed by atoms with van der Waals surface area (Å²) in [6, 6.07) is 3.06. The van der Waals surface area contributed by atoms with Crippen LogP contribution < -0.4 is 0 Å². The molecule has 1 saturated carbocycles. The first-order valence-corrected chi connectivity index (χ1v) is 10.1. The summed E-state index contributed by atoms with van der Waals surface area (Å²) in [6.45, 7) is 0.154. The van der Waals surface area contributed by atoms with Gasteiger partial charge in [-0.05, 0) is 37.5 Å². The van der Waals surface area contributed by atoms with Gasteiger partial charge in [-0.1, -0.05) is 5.21 Å². The van der Waals surface area contributed by atoms with Crippen molar-refractivity contribution in [3.05, 3.63) is 35.7 Å². The number of sulfone groups is 1. The molecule has 0 aliphatic heterocycles. The number of alkyl halides is 3. The molecule has 0 unspecified atom stereocenters. The molecule has 0 spiro atoms. The van der Waals surface area contributed by atoms with Crippen molar-refractivity contribution in [3.63, 3.8) is 0 Å². The summed E-state index contributed by atoms with van der Waals surface area (Å²) >= 11 is 0. The average Bonchev–Trinajstić information content (AvgIpc) is 3.30. The van der Waals surface area contributed by atoms with Gasteiger partial charge in [0.1, 0.15) is 5.69 Å². The molecule has 154 valence electrons. The fourth-order valence-corrected chi connectivity index (χ4v) is 5.36. The van der Waals surface area contributed by atoms with Crippen molar-refractivity contribution < 1.29 is 31.1 Å². The van der Waals surface area contributed by atoms with Gasteiger partial charge in [-0.2, -0.15) is 13.2 Å². The molecular weight excluding hydrogens is 399 g/mol. The first-order chi connectivity index (χ1) is 13.2. The molecule has 11 heteroatoms. The number of rotatable bonds is 6. The Labute approximate surface area is 160 Å². The van der Waals surface area contributed by atoms with Crippen LogP contribution in [-0.4, -0.2) is 49.0 Å². The Morgan fingerprint density at radius 3 is 2.61 bits per heavy atom. The number of methoxy groups -OCH3 is 2. The van der Waals surface area contributed by atoms with Gasteiger partial charge in [0.25, 0.3) is 0 Å². The molecule has 1 fully saturated rings. The van der Waals surface area contributed by atoms with Crippen molar-refractivity contribution in [1.29, 1.82) is 0 Å². The van der Waals surface area contributed by atoms with Gasteiger partial charge < -0.3 is 9.47 Å². The Kier molecular flexibility index (Phi) is 5.78. The standard InChI is InChI=1S/C17H20F3N3O4S/c1-26-10-11-9-23(22-21-11)12-3-6-16(15(7-12)17(18,19)20)28(24,25)14-5-4-13(8-14)27-2/h3,6-7,9,13-14H,4-5,8,10H2,1-2H3/t13-,14-/m1/s1. The minimum Gasteiger partial charge on any atom is -0.381 e. The van der Waals surface area contributed by atoms with Crippen LogP contribution in [0.25, 0.3) is 5.69 Å². The van der Waals surface area contributed by atoms with Crippen LogP contribution in [0.1, 0.15) is 30.5 Å². The summed E-state index contributed by atoms with van der Waals surface area (Å²) in [5, 5.41) is 6.67. The minimum atomic E-state index is -4.84. The van der Waals surface area contributed by atoms with Crippen molar-refractivity contribution in [2.75, 3.05) is 14.2 Å². The molecule has 1 aromatic heterocycles. The SMILES string of the molecule is COCc1cn(-c2ccc(S(=O)(=O)[C@@H]3CC[C@@H](OC)C3)c(C(F)(F)F)c2)nn1. The quantitative estimate of drug-likeness (QED) is 0.716. The number of hydrogen-bond donors (Lipinski definition) is 0. The van der Waals surface area contributed by atoms with Crippen LogP contribution >= 0.6 is 0 Å². The third-order valence-electron chi connectivity index (χ3n) is 4.78. The largest absolute Gasteiger partial charge is 0.417 e. The maximum absolute atomic E-state index is 13.7. The fraction of sp³-hybridized carbons (Fsp3) is 0.529. The molecule has 0 amide bonds. The van der Waals surface area contributed by atoms with Gasteiger partial charge in [0.15, 0.2) is 9.84 Å². The zero-order chi connectivity index (χ0) is 20.5. The molecule has 2 aromatic rings. The summed E-state index contributed by atoms with van der Waals surface area (Å²) in [4.78, 5) is -0.720. The van der Waals surface area contributed by atoms with E-state index in [4.69, 9.17) is 9.47 Å². The van der Waals surface area contributed by atoms with Crippen LogP contribution in [0, 0.1) is 0 Å². The molecule has 0 N–H and O–H groups in total. The Morgan fingerprint density at radius 2 is 2.00 bits per heavy atom. The molecular formula is C17H20F3N3O4S. The maximum Gasteiger partial charge on any atom is 0.417 e. The Balaban J connectivity index is 2.02. The highest BCUT2D eigenvalue weighted by molar-refractivity contribution is 7.92.